The van der Waals surface area contributed by atoms with Crippen LogP contribution in [0.5, 0.6) is 0 Å². The quantitative estimate of drug-likeness (QED) is 0.775. The minimum Gasteiger partial charge on any atom is -0.377 e. The van der Waals surface area contributed by atoms with Crippen molar-refractivity contribution in [2.45, 2.75) is 31.3 Å². The highest BCUT2D eigenvalue weighted by molar-refractivity contribution is 5.75. The fourth-order valence-electron chi connectivity index (χ4n) is 3.79. The number of aromatic nitrogens is 4. The number of para-hydroxylation sites is 2. The molecule has 1 saturated heterocycles. The smallest absolute Gasteiger partial charge is 0.267 e. The van der Waals surface area contributed by atoms with Gasteiger partial charge in [-0.25, -0.2) is 9.67 Å². The van der Waals surface area contributed by atoms with Gasteiger partial charge in [0, 0.05) is 6.07 Å². The number of rotatable bonds is 3. The maximum absolute atomic E-state index is 12.5. The lowest BCUT2D eigenvalue weighted by Crippen LogP contribution is -2.38. The number of anilines is 1. The lowest BCUT2D eigenvalue weighted by molar-refractivity contribution is 0.182. The SMILES string of the molecule is O=c1cc2c(nn1C1COCC1Nc1cnc3ccccc3n1)CCC2. The molecule has 2 atom stereocenters. The Labute approximate surface area is 150 Å². The Hall–Kier alpha value is -2.80. The van der Waals surface area contributed by atoms with E-state index < -0.39 is 0 Å². The van der Waals surface area contributed by atoms with Gasteiger partial charge in [-0.3, -0.25) is 9.78 Å². The molecular formula is C19H19N5O2. The van der Waals surface area contributed by atoms with Crippen LogP contribution in [0, 0.1) is 0 Å². The predicted octanol–water partition coefficient (Wildman–Crippen LogP) is 1.73. The average Bonchev–Trinajstić information content (AvgIpc) is 3.29. The lowest BCUT2D eigenvalue weighted by atomic mass is 10.1. The zero-order valence-corrected chi connectivity index (χ0v) is 14.3. The van der Waals surface area contributed by atoms with Crippen molar-refractivity contribution in [1.29, 1.82) is 0 Å². The van der Waals surface area contributed by atoms with Crippen molar-refractivity contribution >= 4 is 16.9 Å². The molecule has 2 aromatic heterocycles. The van der Waals surface area contributed by atoms with Crippen molar-refractivity contribution in [3.8, 4) is 0 Å². The van der Waals surface area contributed by atoms with Crippen LogP contribution in [0.3, 0.4) is 0 Å². The Morgan fingerprint density at radius 1 is 1.15 bits per heavy atom. The van der Waals surface area contributed by atoms with Gasteiger partial charge in [-0.15, -0.1) is 0 Å². The third-order valence-corrected chi connectivity index (χ3v) is 5.13. The molecule has 1 N–H and O–H groups in total. The van der Waals surface area contributed by atoms with Gasteiger partial charge in [-0.1, -0.05) is 12.1 Å². The van der Waals surface area contributed by atoms with E-state index in [1.165, 1.54) is 0 Å². The summed E-state index contributed by atoms with van der Waals surface area (Å²) in [7, 11) is 0. The Morgan fingerprint density at radius 2 is 2.04 bits per heavy atom. The van der Waals surface area contributed by atoms with Crippen LogP contribution in [-0.2, 0) is 17.6 Å². The summed E-state index contributed by atoms with van der Waals surface area (Å²) < 4.78 is 7.23. The van der Waals surface area contributed by atoms with Crippen LogP contribution >= 0.6 is 0 Å². The molecule has 1 aromatic carbocycles. The second-order valence-electron chi connectivity index (χ2n) is 6.85. The molecule has 1 aliphatic carbocycles. The fourth-order valence-corrected chi connectivity index (χ4v) is 3.79. The lowest BCUT2D eigenvalue weighted by Gasteiger charge is -2.21. The summed E-state index contributed by atoms with van der Waals surface area (Å²) in [4.78, 5) is 21.6. The van der Waals surface area contributed by atoms with E-state index in [4.69, 9.17) is 4.74 Å². The number of benzene rings is 1. The van der Waals surface area contributed by atoms with Crippen molar-refractivity contribution in [2.24, 2.45) is 0 Å². The second kappa shape index (κ2) is 6.17. The largest absolute Gasteiger partial charge is 0.377 e. The molecular weight excluding hydrogens is 330 g/mol. The van der Waals surface area contributed by atoms with E-state index in [1.54, 1.807) is 16.9 Å². The van der Waals surface area contributed by atoms with Crippen LogP contribution in [0.4, 0.5) is 5.82 Å². The molecule has 0 bridgehead atoms. The second-order valence-corrected chi connectivity index (χ2v) is 6.85. The molecule has 7 nitrogen and oxygen atoms in total. The number of ether oxygens (including phenoxy) is 1. The first-order chi connectivity index (χ1) is 12.8. The topological polar surface area (TPSA) is 81.9 Å². The van der Waals surface area contributed by atoms with Crippen LogP contribution in [0.1, 0.15) is 23.7 Å². The molecule has 26 heavy (non-hydrogen) atoms. The summed E-state index contributed by atoms with van der Waals surface area (Å²) in [5, 5.41) is 8.00. The first-order valence-electron chi connectivity index (χ1n) is 8.95. The van der Waals surface area contributed by atoms with Crippen molar-refractivity contribution < 1.29 is 4.74 Å². The van der Waals surface area contributed by atoms with Gasteiger partial charge in [0.25, 0.3) is 5.56 Å². The average molecular weight is 349 g/mol. The van der Waals surface area contributed by atoms with Gasteiger partial charge in [0.15, 0.2) is 0 Å². The van der Waals surface area contributed by atoms with Crippen molar-refractivity contribution in [2.75, 3.05) is 18.5 Å². The first-order valence-corrected chi connectivity index (χ1v) is 8.95. The molecule has 0 radical (unpaired) electrons. The molecule has 132 valence electrons. The fraction of sp³-hybridized carbons (Fsp3) is 0.368. The van der Waals surface area contributed by atoms with E-state index in [1.807, 2.05) is 24.3 Å². The third kappa shape index (κ3) is 2.64. The molecule has 0 spiro atoms. The zero-order valence-electron chi connectivity index (χ0n) is 14.3. The summed E-state index contributed by atoms with van der Waals surface area (Å²) in [5.41, 5.74) is 3.77. The van der Waals surface area contributed by atoms with Gasteiger partial charge in [-0.2, -0.15) is 5.10 Å². The van der Waals surface area contributed by atoms with Crippen LogP contribution in [0.2, 0.25) is 0 Å². The van der Waals surface area contributed by atoms with Crippen molar-refractivity contribution in [1.82, 2.24) is 19.7 Å². The summed E-state index contributed by atoms with van der Waals surface area (Å²) >= 11 is 0. The highest BCUT2D eigenvalue weighted by Gasteiger charge is 2.32. The number of hydrogen-bond acceptors (Lipinski definition) is 6. The number of aryl methyl sites for hydroxylation is 2. The minimum atomic E-state index is -0.151. The molecule has 5 rings (SSSR count). The summed E-state index contributed by atoms with van der Waals surface area (Å²) in [5.74, 6) is 0.679. The van der Waals surface area contributed by atoms with Gasteiger partial charge in [0.2, 0.25) is 0 Å². The van der Waals surface area contributed by atoms with Crippen LogP contribution in [0.25, 0.3) is 11.0 Å². The zero-order chi connectivity index (χ0) is 17.5. The van der Waals surface area contributed by atoms with Gasteiger partial charge in [0.05, 0.1) is 42.2 Å². The van der Waals surface area contributed by atoms with E-state index in [2.05, 4.69) is 20.4 Å². The standard InChI is InChI=1S/C19H19N5O2/c25-19-8-12-4-3-7-13(12)23-24(19)17-11-26-10-16(17)22-18-9-20-14-5-1-2-6-15(14)21-18/h1-2,5-6,8-9,16-17H,3-4,7,10-11H2,(H,21,22). The summed E-state index contributed by atoms with van der Waals surface area (Å²) in [6, 6.07) is 9.26. The normalized spacial score (nSPS) is 21.8. The van der Waals surface area contributed by atoms with E-state index in [0.29, 0.717) is 19.0 Å². The Morgan fingerprint density at radius 3 is 2.96 bits per heavy atom. The molecule has 3 heterocycles. The van der Waals surface area contributed by atoms with Crippen molar-refractivity contribution in [3.63, 3.8) is 0 Å². The molecule has 0 amide bonds. The van der Waals surface area contributed by atoms with Crippen LogP contribution < -0.4 is 10.9 Å². The maximum atomic E-state index is 12.5. The molecule has 7 heteroatoms. The van der Waals surface area contributed by atoms with Gasteiger partial charge in [0.1, 0.15) is 11.9 Å². The van der Waals surface area contributed by atoms with E-state index in [9.17, 15) is 4.79 Å². The summed E-state index contributed by atoms with van der Waals surface area (Å²) in [6.07, 6.45) is 4.68. The molecule has 2 aliphatic rings. The summed E-state index contributed by atoms with van der Waals surface area (Å²) in [6.45, 7) is 0.967. The van der Waals surface area contributed by atoms with Gasteiger partial charge >= 0.3 is 0 Å². The Kier molecular flexibility index (Phi) is 3.67. The highest BCUT2D eigenvalue weighted by atomic mass is 16.5. The van der Waals surface area contributed by atoms with Gasteiger partial charge in [-0.05, 0) is 37.0 Å². The van der Waals surface area contributed by atoms with Crippen LogP contribution in [0.15, 0.2) is 41.3 Å². The number of nitrogens with one attached hydrogen (secondary N) is 1. The molecule has 0 saturated carbocycles. The Bertz CT molecular complexity index is 1030. The molecule has 3 aromatic rings. The highest BCUT2D eigenvalue weighted by Crippen LogP contribution is 2.24. The van der Waals surface area contributed by atoms with Crippen LogP contribution in [-0.4, -0.2) is 39.0 Å². The monoisotopic (exact) mass is 349 g/mol. The predicted molar refractivity (Wildman–Crippen MR) is 97.3 cm³/mol. The Balaban J connectivity index is 1.44. The third-order valence-electron chi connectivity index (χ3n) is 5.13. The van der Waals surface area contributed by atoms with Crippen molar-refractivity contribution in [3.05, 3.63) is 58.1 Å². The number of hydrogen-bond donors (Lipinski definition) is 1. The van der Waals surface area contributed by atoms with E-state index >= 15 is 0 Å². The first kappa shape index (κ1) is 15.5. The minimum absolute atomic E-state index is 0.0578. The molecule has 1 fully saturated rings. The number of nitrogens with zero attached hydrogens (tertiary/aromatic N) is 4. The maximum Gasteiger partial charge on any atom is 0.267 e. The van der Waals surface area contributed by atoms with E-state index in [0.717, 1.165) is 41.6 Å². The molecule has 2 unspecified atom stereocenters. The van der Waals surface area contributed by atoms with Gasteiger partial charge < -0.3 is 10.1 Å². The number of fused-ring (bicyclic) bond motifs is 2. The van der Waals surface area contributed by atoms with E-state index in [-0.39, 0.29) is 17.6 Å². The molecule has 1 aliphatic heterocycles.